The SMILES string of the molecule is C=CC(=O)N(C)[C@H](C)C[S@](C)=O. The van der Waals surface area contributed by atoms with Crippen molar-refractivity contribution in [2.75, 3.05) is 19.1 Å². The maximum absolute atomic E-state index is 11.0. The Balaban J connectivity index is 4.08. The van der Waals surface area contributed by atoms with E-state index in [1.807, 2.05) is 6.92 Å². The molecule has 0 aliphatic carbocycles. The lowest BCUT2D eigenvalue weighted by molar-refractivity contribution is -0.126. The van der Waals surface area contributed by atoms with Crippen molar-refractivity contribution < 1.29 is 9.00 Å². The fourth-order valence-electron chi connectivity index (χ4n) is 0.813. The lowest BCUT2D eigenvalue weighted by Crippen LogP contribution is -2.37. The van der Waals surface area contributed by atoms with Crippen molar-refractivity contribution in [3.63, 3.8) is 0 Å². The minimum atomic E-state index is -0.863. The fourth-order valence-corrected chi connectivity index (χ4v) is 1.72. The Morgan fingerprint density at radius 2 is 2.25 bits per heavy atom. The van der Waals surface area contributed by atoms with Gasteiger partial charge in [0.2, 0.25) is 5.91 Å². The highest BCUT2D eigenvalue weighted by Gasteiger charge is 2.13. The van der Waals surface area contributed by atoms with E-state index in [4.69, 9.17) is 0 Å². The number of nitrogens with zero attached hydrogens (tertiary/aromatic N) is 1. The predicted octanol–water partition coefficient (Wildman–Crippen LogP) is 0.398. The monoisotopic (exact) mass is 189 g/mol. The normalized spacial score (nSPS) is 14.9. The molecule has 4 heteroatoms. The standard InChI is InChI=1S/C8H15NO2S/c1-5-8(10)9(3)7(2)6-12(4)11/h5,7H,1,6H2,2-4H3/t7-,12+/m1/s1. The van der Waals surface area contributed by atoms with Crippen LogP contribution in [0.2, 0.25) is 0 Å². The van der Waals surface area contributed by atoms with Crippen molar-refractivity contribution in [1.29, 1.82) is 0 Å². The van der Waals surface area contributed by atoms with Crippen LogP contribution in [-0.2, 0) is 15.6 Å². The van der Waals surface area contributed by atoms with Crippen molar-refractivity contribution >= 4 is 16.7 Å². The van der Waals surface area contributed by atoms with Crippen molar-refractivity contribution in [2.45, 2.75) is 13.0 Å². The second kappa shape index (κ2) is 5.09. The molecular formula is C8H15NO2S. The van der Waals surface area contributed by atoms with Gasteiger partial charge in [-0.3, -0.25) is 9.00 Å². The van der Waals surface area contributed by atoms with Gasteiger partial charge in [-0.15, -0.1) is 0 Å². The van der Waals surface area contributed by atoms with Crippen LogP contribution in [0.4, 0.5) is 0 Å². The molecule has 0 unspecified atom stereocenters. The van der Waals surface area contributed by atoms with Crippen molar-refractivity contribution in [2.24, 2.45) is 0 Å². The van der Waals surface area contributed by atoms with E-state index >= 15 is 0 Å². The molecule has 0 aliphatic rings. The largest absolute Gasteiger partial charge is 0.339 e. The highest BCUT2D eigenvalue weighted by molar-refractivity contribution is 7.84. The second-order valence-electron chi connectivity index (χ2n) is 2.74. The number of likely N-dealkylation sites (N-methyl/N-ethyl adjacent to an activating group) is 1. The van der Waals surface area contributed by atoms with Crippen LogP contribution < -0.4 is 0 Å². The lowest BCUT2D eigenvalue weighted by Gasteiger charge is -2.22. The molecule has 0 N–H and O–H groups in total. The molecule has 0 heterocycles. The van der Waals surface area contributed by atoms with Crippen molar-refractivity contribution in [3.05, 3.63) is 12.7 Å². The molecule has 1 amide bonds. The molecule has 2 atom stereocenters. The Bertz CT molecular complexity index is 203. The zero-order valence-electron chi connectivity index (χ0n) is 7.74. The summed E-state index contributed by atoms with van der Waals surface area (Å²) in [6, 6.07) is 0.00123. The van der Waals surface area contributed by atoms with Crippen molar-refractivity contribution in [1.82, 2.24) is 4.90 Å². The van der Waals surface area contributed by atoms with Gasteiger partial charge in [-0.05, 0) is 13.0 Å². The maximum Gasteiger partial charge on any atom is 0.245 e. The van der Waals surface area contributed by atoms with E-state index in [0.29, 0.717) is 5.75 Å². The summed E-state index contributed by atoms with van der Waals surface area (Å²) in [7, 11) is 0.819. The van der Waals surface area contributed by atoms with E-state index in [0.717, 1.165) is 0 Å². The van der Waals surface area contributed by atoms with Crippen LogP contribution in [0.3, 0.4) is 0 Å². The number of hydrogen-bond donors (Lipinski definition) is 0. The van der Waals surface area contributed by atoms with Crippen LogP contribution in [0.15, 0.2) is 12.7 Å². The summed E-state index contributed by atoms with van der Waals surface area (Å²) in [6.45, 7) is 5.24. The van der Waals surface area contributed by atoms with E-state index in [-0.39, 0.29) is 11.9 Å². The van der Waals surface area contributed by atoms with Crippen LogP contribution in [0.25, 0.3) is 0 Å². The Labute approximate surface area is 75.9 Å². The summed E-state index contributed by atoms with van der Waals surface area (Å²) in [5.74, 6) is 0.378. The lowest BCUT2D eigenvalue weighted by atomic mass is 10.3. The second-order valence-corrected chi connectivity index (χ2v) is 4.22. The number of rotatable bonds is 4. The first-order valence-corrected chi connectivity index (χ1v) is 5.41. The molecule has 0 aromatic rings. The van der Waals surface area contributed by atoms with Crippen LogP contribution >= 0.6 is 0 Å². The van der Waals surface area contributed by atoms with Gasteiger partial charge in [0.25, 0.3) is 0 Å². The summed E-state index contributed by atoms with van der Waals surface area (Å²) < 4.78 is 10.8. The van der Waals surface area contributed by atoms with Gasteiger partial charge in [0.1, 0.15) is 0 Å². The van der Waals surface area contributed by atoms with Crippen LogP contribution in [0, 0.1) is 0 Å². The highest BCUT2D eigenvalue weighted by Crippen LogP contribution is 1.98. The van der Waals surface area contributed by atoms with E-state index in [2.05, 4.69) is 6.58 Å². The van der Waals surface area contributed by atoms with E-state index in [9.17, 15) is 9.00 Å². The average molecular weight is 189 g/mol. The van der Waals surface area contributed by atoms with Gasteiger partial charge in [-0.1, -0.05) is 6.58 Å². The van der Waals surface area contributed by atoms with Gasteiger partial charge in [-0.25, -0.2) is 0 Å². The molecule has 0 bridgehead atoms. The van der Waals surface area contributed by atoms with Crippen LogP contribution in [0.1, 0.15) is 6.92 Å². The zero-order chi connectivity index (χ0) is 9.72. The summed E-state index contributed by atoms with van der Waals surface area (Å²) in [5.41, 5.74) is 0. The molecule has 0 aromatic carbocycles. The van der Waals surface area contributed by atoms with Gasteiger partial charge in [0.15, 0.2) is 0 Å². The van der Waals surface area contributed by atoms with E-state index < -0.39 is 10.8 Å². The molecule has 0 spiro atoms. The summed E-state index contributed by atoms with van der Waals surface area (Å²) in [5, 5.41) is 0. The molecule has 0 saturated heterocycles. The number of amides is 1. The molecular weight excluding hydrogens is 174 g/mol. The molecule has 0 rings (SSSR count). The molecule has 0 radical (unpaired) electrons. The van der Waals surface area contributed by atoms with Gasteiger partial charge in [0.05, 0.1) is 0 Å². The third kappa shape index (κ3) is 3.67. The van der Waals surface area contributed by atoms with E-state index in [1.54, 1.807) is 13.3 Å². The third-order valence-electron chi connectivity index (χ3n) is 1.66. The molecule has 12 heavy (non-hydrogen) atoms. The summed E-state index contributed by atoms with van der Waals surface area (Å²) in [4.78, 5) is 12.6. The van der Waals surface area contributed by atoms with Crippen LogP contribution in [0.5, 0.6) is 0 Å². The molecule has 70 valence electrons. The van der Waals surface area contributed by atoms with Crippen LogP contribution in [-0.4, -0.2) is 40.1 Å². The fraction of sp³-hybridized carbons (Fsp3) is 0.625. The van der Waals surface area contributed by atoms with Gasteiger partial charge >= 0.3 is 0 Å². The number of carbonyl (C=O) groups is 1. The Hall–Kier alpha value is -0.640. The Morgan fingerprint density at radius 1 is 1.75 bits per heavy atom. The van der Waals surface area contributed by atoms with Gasteiger partial charge in [-0.2, -0.15) is 0 Å². The minimum absolute atomic E-state index is 0.00123. The number of carbonyl (C=O) groups excluding carboxylic acids is 1. The minimum Gasteiger partial charge on any atom is -0.339 e. The molecule has 0 aliphatic heterocycles. The topological polar surface area (TPSA) is 37.4 Å². The highest BCUT2D eigenvalue weighted by atomic mass is 32.2. The average Bonchev–Trinajstić information content (AvgIpc) is 2.00. The summed E-state index contributed by atoms with van der Waals surface area (Å²) in [6.07, 6.45) is 2.89. The Kier molecular flexibility index (Phi) is 4.81. The zero-order valence-corrected chi connectivity index (χ0v) is 8.56. The third-order valence-corrected chi connectivity index (χ3v) is 2.61. The molecule has 0 aromatic heterocycles. The molecule has 0 fully saturated rings. The Morgan fingerprint density at radius 3 is 2.58 bits per heavy atom. The smallest absolute Gasteiger partial charge is 0.245 e. The van der Waals surface area contributed by atoms with Crippen molar-refractivity contribution in [3.8, 4) is 0 Å². The van der Waals surface area contributed by atoms with Gasteiger partial charge in [0, 0.05) is 35.9 Å². The molecule has 0 saturated carbocycles. The van der Waals surface area contributed by atoms with Gasteiger partial charge < -0.3 is 4.90 Å². The number of hydrogen-bond acceptors (Lipinski definition) is 2. The summed E-state index contributed by atoms with van der Waals surface area (Å²) >= 11 is 0. The maximum atomic E-state index is 11.0. The predicted molar refractivity (Wildman–Crippen MR) is 51.4 cm³/mol. The first-order valence-electron chi connectivity index (χ1n) is 3.68. The first kappa shape index (κ1) is 11.4. The first-order chi connectivity index (χ1) is 5.49. The van der Waals surface area contributed by atoms with E-state index in [1.165, 1.54) is 11.0 Å². The molecule has 3 nitrogen and oxygen atoms in total. The quantitative estimate of drug-likeness (QED) is 0.600.